The van der Waals surface area contributed by atoms with Gasteiger partial charge in [-0.05, 0) is 29.8 Å². The minimum atomic E-state index is -1.24. The van der Waals surface area contributed by atoms with Crippen molar-refractivity contribution < 1.29 is 19.0 Å². The molecule has 0 aliphatic carbocycles. The van der Waals surface area contributed by atoms with Crippen LogP contribution in [0.1, 0.15) is 29.7 Å². The van der Waals surface area contributed by atoms with Crippen molar-refractivity contribution in [1.29, 1.82) is 0 Å². The highest BCUT2D eigenvalue weighted by atomic mass is 35.5. The summed E-state index contributed by atoms with van der Waals surface area (Å²) in [5.74, 6) is -0.188. The zero-order chi connectivity index (χ0) is 18.0. The number of aliphatic hydroxyl groups excluding tert-OH is 1. The van der Waals surface area contributed by atoms with Gasteiger partial charge in [-0.25, -0.2) is 4.39 Å². The van der Waals surface area contributed by atoms with Crippen LogP contribution in [0.4, 0.5) is 4.39 Å². The standard InChI is InChI=1S/C18H18Cl2FNO3.ClH/c19-14-4-1-10(7-15(14)20)17(22)18(23)13-3-2-11(8-16(13)21)25-12-5-6-24-9-12;/h1-4,7-8,12,17-18,23H,5-6,9,22H2;1H/t12?,17-,18+;/m1./s1. The van der Waals surface area contributed by atoms with E-state index in [4.69, 9.17) is 38.4 Å². The van der Waals surface area contributed by atoms with E-state index in [2.05, 4.69) is 0 Å². The van der Waals surface area contributed by atoms with E-state index >= 15 is 0 Å². The Kier molecular flexibility index (Phi) is 7.52. The molecule has 0 aromatic heterocycles. The Morgan fingerprint density at radius 2 is 1.96 bits per heavy atom. The van der Waals surface area contributed by atoms with Crippen molar-refractivity contribution >= 4 is 35.6 Å². The second-order valence-electron chi connectivity index (χ2n) is 5.93. The van der Waals surface area contributed by atoms with Gasteiger partial charge < -0.3 is 20.3 Å². The molecule has 2 aromatic rings. The zero-order valence-electron chi connectivity index (χ0n) is 13.7. The fourth-order valence-electron chi connectivity index (χ4n) is 2.71. The first-order valence-electron chi connectivity index (χ1n) is 7.88. The largest absolute Gasteiger partial charge is 0.488 e. The molecule has 0 spiro atoms. The monoisotopic (exact) mass is 421 g/mol. The lowest BCUT2D eigenvalue weighted by Gasteiger charge is -2.21. The maximum absolute atomic E-state index is 14.4. The van der Waals surface area contributed by atoms with Crippen LogP contribution in [0.25, 0.3) is 0 Å². The molecule has 0 bridgehead atoms. The lowest BCUT2D eigenvalue weighted by atomic mass is 9.96. The molecule has 1 fully saturated rings. The Hall–Kier alpha value is -1.08. The molecular weight excluding hydrogens is 404 g/mol. The summed E-state index contributed by atoms with van der Waals surface area (Å²) in [5, 5.41) is 11.2. The van der Waals surface area contributed by atoms with Crippen LogP contribution in [0.5, 0.6) is 5.75 Å². The molecule has 3 atom stereocenters. The van der Waals surface area contributed by atoms with Gasteiger partial charge >= 0.3 is 0 Å². The molecule has 8 heteroatoms. The van der Waals surface area contributed by atoms with Crippen LogP contribution in [0.15, 0.2) is 36.4 Å². The van der Waals surface area contributed by atoms with Gasteiger partial charge in [0.25, 0.3) is 0 Å². The SMILES string of the molecule is Cl.N[C@H](c1ccc(Cl)c(Cl)c1)[C@@H](O)c1ccc(OC2CCOC2)cc1F. The number of aliphatic hydroxyl groups is 1. The Balaban J connectivity index is 0.00000243. The van der Waals surface area contributed by atoms with E-state index < -0.39 is 18.0 Å². The highest BCUT2D eigenvalue weighted by Gasteiger charge is 2.24. The average molecular weight is 423 g/mol. The molecule has 4 nitrogen and oxygen atoms in total. The summed E-state index contributed by atoms with van der Waals surface area (Å²) in [5.41, 5.74) is 6.71. The molecule has 1 aliphatic rings. The van der Waals surface area contributed by atoms with Gasteiger partial charge in [-0.3, -0.25) is 0 Å². The predicted octanol–water partition coefficient (Wildman–Crippen LogP) is 4.46. The molecular formula is C18H19Cl3FNO3. The number of nitrogens with two attached hydrogens (primary N) is 1. The van der Waals surface area contributed by atoms with Gasteiger partial charge in [0, 0.05) is 18.1 Å². The summed E-state index contributed by atoms with van der Waals surface area (Å²) in [7, 11) is 0. The first-order valence-corrected chi connectivity index (χ1v) is 8.63. The van der Waals surface area contributed by atoms with E-state index in [1.165, 1.54) is 12.1 Å². The third kappa shape index (κ3) is 4.80. The molecule has 26 heavy (non-hydrogen) atoms. The topological polar surface area (TPSA) is 64.7 Å². The third-order valence-corrected chi connectivity index (χ3v) is 4.89. The summed E-state index contributed by atoms with van der Waals surface area (Å²) < 4.78 is 25.3. The lowest BCUT2D eigenvalue weighted by Crippen LogP contribution is -2.21. The second kappa shape index (κ2) is 9.22. The van der Waals surface area contributed by atoms with Gasteiger partial charge in [0.05, 0.1) is 29.3 Å². The minimum absolute atomic E-state index is 0. The molecule has 142 valence electrons. The van der Waals surface area contributed by atoms with E-state index in [1.807, 2.05) is 0 Å². The Morgan fingerprint density at radius 1 is 1.19 bits per heavy atom. The van der Waals surface area contributed by atoms with Gasteiger partial charge in [0.2, 0.25) is 0 Å². The molecule has 1 aliphatic heterocycles. The van der Waals surface area contributed by atoms with Crippen LogP contribution in [0.2, 0.25) is 10.0 Å². The number of benzene rings is 2. The van der Waals surface area contributed by atoms with Gasteiger partial charge in [0.1, 0.15) is 23.8 Å². The van der Waals surface area contributed by atoms with Crippen molar-refractivity contribution in [1.82, 2.24) is 0 Å². The van der Waals surface area contributed by atoms with E-state index in [0.29, 0.717) is 34.6 Å². The van der Waals surface area contributed by atoms with E-state index in [1.54, 1.807) is 24.3 Å². The van der Waals surface area contributed by atoms with E-state index in [-0.39, 0.29) is 24.1 Å². The Labute approximate surface area is 167 Å². The summed E-state index contributed by atoms with van der Waals surface area (Å²) >= 11 is 11.8. The van der Waals surface area contributed by atoms with Crippen molar-refractivity contribution in [3.8, 4) is 5.75 Å². The summed E-state index contributed by atoms with van der Waals surface area (Å²) in [4.78, 5) is 0. The van der Waals surface area contributed by atoms with E-state index in [0.717, 1.165) is 6.42 Å². The van der Waals surface area contributed by atoms with Gasteiger partial charge in [-0.2, -0.15) is 0 Å². The van der Waals surface area contributed by atoms with Crippen LogP contribution in [0, 0.1) is 5.82 Å². The summed E-state index contributed by atoms with van der Waals surface area (Å²) in [6.45, 7) is 1.14. The predicted molar refractivity (Wildman–Crippen MR) is 102 cm³/mol. The van der Waals surface area contributed by atoms with E-state index in [9.17, 15) is 9.50 Å². The second-order valence-corrected chi connectivity index (χ2v) is 6.75. The fraction of sp³-hybridized carbons (Fsp3) is 0.333. The van der Waals surface area contributed by atoms with Crippen molar-refractivity contribution in [2.45, 2.75) is 24.7 Å². The number of ether oxygens (including phenoxy) is 2. The number of rotatable bonds is 5. The lowest BCUT2D eigenvalue weighted by molar-refractivity contribution is 0.138. The smallest absolute Gasteiger partial charge is 0.132 e. The number of hydrogen-bond donors (Lipinski definition) is 2. The normalized spacial score (nSPS) is 18.9. The van der Waals surface area contributed by atoms with Gasteiger partial charge in [0.15, 0.2) is 0 Å². The maximum Gasteiger partial charge on any atom is 0.132 e. The Morgan fingerprint density at radius 3 is 2.58 bits per heavy atom. The molecule has 0 amide bonds. The molecule has 1 heterocycles. The van der Waals surface area contributed by atoms with Crippen molar-refractivity contribution in [3.05, 3.63) is 63.4 Å². The highest BCUT2D eigenvalue weighted by Crippen LogP contribution is 2.33. The number of hydrogen-bond acceptors (Lipinski definition) is 4. The molecule has 1 unspecified atom stereocenters. The molecule has 1 saturated heterocycles. The van der Waals surface area contributed by atoms with Crippen molar-refractivity contribution in [2.24, 2.45) is 5.73 Å². The quantitative estimate of drug-likeness (QED) is 0.747. The third-order valence-electron chi connectivity index (χ3n) is 4.15. The molecule has 0 saturated carbocycles. The van der Waals surface area contributed by atoms with Crippen molar-refractivity contribution in [2.75, 3.05) is 13.2 Å². The van der Waals surface area contributed by atoms with Gasteiger partial charge in [-0.15, -0.1) is 12.4 Å². The molecule has 2 aromatic carbocycles. The Bertz CT molecular complexity index is 756. The first-order chi connectivity index (χ1) is 12.0. The highest BCUT2D eigenvalue weighted by molar-refractivity contribution is 6.42. The average Bonchev–Trinajstić information content (AvgIpc) is 3.09. The number of halogens is 4. The van der Waals surface area contributed by atoms with Gasteiger partial charge in [-0.1, -0.05) is 29.3 Å². The summed E-state index contributed by atoms with van der Waals surface area (Å²) in [6, 6.07) is 8.29. The van der Waals surface area contributed by atoms with Crippen LogP contribution >= 0.6 is 35.6 Å². The van der Waals surface area contributed by atoms with Crippen LogP contribution in [0.3, 0.4) is 0 Å². The van der Waals surface area contributed by atoms with Crippen LogP contribution in [-0.2, 0) is 4.74 Å². The maximum atomic E-state index is 14.4. The zero-order valence-corrected chi connectivity index (χ0v) is 16.0. The fourth-order valence-corrected chi connectivity index (χ4v) is 3.02. The van der Waals surface area contributed by atoms with Crippen LogP contribution in [-0.4, -0.2) is 24.4 Å². The first kappa shape index (κ1) is 21.2. The molecule has 3 N–H and O–H groups in total. The summed E-state index contributed by atoms with van der Waals surface area (Å²) in [6.07, 6.45) is -0.538. The molecule has 3 rings (SSSR count). The minimum Gasteiger partial charge on any atom is -0.488 e. The van der Waals surface area contributed by atoms with Crippen molar-refractivity contribution in [3.63, 3.8) is 0 Å². The van der Waals surface area contributed by atoms with Crippen LogP contribution < -0.4 is 10.5 Å². The molecule has 0 radical (unpaired) electrons.